The summed E-state index contributed by atoms with van der Waals surface area (Å²) in [7, 11) is -2.31. The van der Waals surface area contributed by atoms with Crippen LogP contribution in [0, 0.1) is 20.8 Å². The van der Waals surface area contributed by atoms with Gasteiger partial charge in [0.1, 0.15) is 12.3 Å². The fraction of sp³-hybridized carbons (Fsp3) is 0.345. The number of anilines is 1. The monoisotopic (exact) mass is 508 g/mol. The molecule has 0 aliphatic heterocycles. The summed E-state index contributed by atoms with van der Waals surface area (Å²) in [5.41, 5.74) is 5.41. The number of hydrogen-bond donors (Lipinski definition) is 1. The minimum absolute atomic E-state index is 0.141. The first-order chi connectivity index (χ1) is 16.9. The minimum atomic E-state index is -3.96. The Bertz CT molecular complexity index is 1310. The van der Waals surface area contributed by atoms with Crippen molar-refractivity contribution in [2.24, 2.45) is 0 Å². The second-order valence-corrected chi connectivity index (χ2v) is 11.4. The van der Waals surface area contributed by atoms with Crippen molar-refractivity contribution in [3.05, 3.63) is 88.5 Å². The van der Waals surface area contributed by atoms with Gasteiger partial charge in [0.15, 0.2) is 0 Å². The lowest BCUT2D eigenvalue weighted by Gasteiger charge is -2.26. The van der Waals surface area contributed by atoms with Gasteiger partial charge in [-0.1, -0.05) is 49.2 Å². The Morgan fingerprint density at radius 1 is 0.889 bits per heavy atom. The summed E-state index contributed by atoms with van der Waals surface area (Å²) in [6.45, 7) is 11.6. The van der Waals surface area contributed by atoms with Crippen LogP contribution < -0.4 is 14.4 Å². The fourth-order valence-corrected chi connectivity index (χ4v) is 5.59. The van der Waals surface area contributed by atoms with Gasteiger partial charge in [-0.15, -0.1) is 0 Å². The van der Waals surface area contributed by atoms with Crippen LogP contribution in [0.4, 0.5) is 5.69 Å². The molecule has 3 aromatic carbocycles. The highest BCUT2D eigenvalue weighted by atomic mass is 32.2. The van der Waals surface area contributed by atoms with Crippen molar-refractivity contribution in [3.8, 4) is 5.75 Å². The maximum Gasteiger partial charge on any atom is 0.264 e. The molecule has 1 N–H and O–H groups in total. The number of nitrogens with one attached hydrogen (secondary N) is 1. The number of benzene rings is 3. The van der Waals surface area contributed by atoms with E-state index in [-0.39, 0.29) is 29.3 Å². The molecule has 6 nitrogen and oxygen atoms in total. The first-order valence-corrected chi connectivity index (χ1v) is 13.5. The van der Waals surface area contributed by atoms with Gasteiger partial charge < -0.3 is 10.1 Å². The van der Waals surface area contributed by atoms with E-state index in [1.807, 2.05) is 45.9 Å². The molecular formula is C29H36N2O4S. The van der Waals surface area contributed by atoms with E-state index in [1.54, 1.807) is 43.5 Å². The number of aryl methyl sites for hydroxylation is 3. The van der Waals surface area contributed by atoms with E-state index in [9.17, 15) is 13.2 Å². The van der Waals surface area contributed by atoms with Crippen LogP contribution in [0.5, 0.6) is 5.75 Å². The van der Waals surface area contributed by atoms with Gasteiger partial charge in [-0.2, -0.15) is 0 Å². The van der Waals surface area contributed by atoms with Crippen LogP contribution in [0.25, 0.3) is 0 Å². The molecule has 1 unspecified atom stereocenters. The molecule has 3 rings (SSSR count). The van der Waals surface area contributed by atoms with Crippen molar-refractivity contribution in [2.45, 2.75) is 58.4 Å². The van der Waals surface area contributed by atoms with Gasteiger partial charge in [-0.3, -0.25) is 9.10 Å². The smallest absolute Gasteiger partial charge is 0.264 e. The topological polar surface area (TPSA) is 75.7 Å². The largest absolute Gasteiger partial charge is 0.496 e. The molecule has 7 heteroatoms. The highest BCUT2D eigenvalue weighted by Gasteiger charge is 2.28. The zero-order valence-corrected chi connectivity index (χ0v) is 22.9. The van der Waals surface area contributed by atoms with Crippen LogP contribution in [0.3, 0.4) is 0 Å². The Kier molecular flexibility index (Phi) is 8.46. The quantitative estimate of drug-likeness (QED) is 0.395. The van der Waals surface area contributed by atoms with Crippen LogP contribution in [0.15, 0.2) is 65.6 Å². The molecule has 0 bridgehead atoms. The third-order valence-electron chi connectivity index (χ3n) is 6.30. The van der Waals surface area contributed by atoms with Crippen molar-refractivity contribution in [3.63, 3.8) is 0 Å². The van der Waals surface area contributed by atoms with E-state index in [0.29, 0.717) is 5.69 Å². The standard InChI is InChI=1S/C29H36N2O4S/c1-19(2)26-17-27(22(5)16-28(26)35-7)23(6)30-29(32)18-31(24-12-8-20(3)9-13-24)36(33,34)25-14-10-21(4)11-15-25/h8-17,19,23H,18H2,1-7H3,(H,30,32). The molecule has 3 aromatic rings. The third-order valence-corrected chi connectivity index (χ3v) is 8.09. The fourth-order valence-electron chi connectivity index (χ4n) is 4.17. The van der Waals surface area contributed by atoms with E-state index in [0.717, 1.165) is 33.6 Å². The van der Waals surface area contributed by atoms with E-state index in [1.165, 1.54) is 4.31 Å². The zero-order valence-electron chi connectivity index (χ0n) is 22.1. The summed E-state index contributed by atoms with van der Waals surface area (Å²) < 4.78 is 33.9. The number of nitrogens with zero attached hydrogens (tertiary/aromatic N) is 1. The molecule has 192 valence electrons. The second-order valence-electron chi connectivity index (χ2n) is 9.55. The SMILES string of the molecule is COc1cc(C)c(C(C)NC(=O)CN(c2ccc(C)cc2)S(=O)(=O)c2ccc(C)cc2)cc1C(C)C. The zero-order chi connectivity index (χ0) is 26.6. The Hall–Kier alpha value is -3.32. The number of rotatable bonds is 9. The van der Waals surface area contributed by atoms with Crippen LogP contribution in [-0.4, -0.2) is 28.0 Å². The number of methoxy groups -OCH3 is 1. The molecule has 0 heterocycles. The maximum absolute atomic E-state index is 13.6. The first kappa shape index (κ1) is 27.3. The summed E-state index contributed by atoms with van der Waals surface area (Å²) in [4.78, 5) is 13.4. The van der Waals surface area contributed by atoms with Gasteiger partial charge in [0.05, 0.1) is 23.7 Å². The van der Waals surface area contributed by atoms with E-state index >= 15 is 0 Å². The maximum atomic E-state index is 13.6. The first-order valence-electron chi connectivity index (χ1n) is 12.1. The Labute approximate surface area is 215 Å². The lowest BCUT2D eigenvalue weighted by Crippen LogP contribution is -2.41. The molecular weight excluding hydrogens is 472 g/mol. The van der Waals surface area contributed by atoms with Crippen molar-refractivity contribution in [1.82, 2.24) is 5.32 Å². The minimum Gasteiger partial charge on any atom is -0.496 e. The second kappa shape index (κ2) is 11.2. The number of sulfonamides is 1. The molecule has 0 aliphatic carbocycles. The molecule has 1 amide bonds. The molecule has 1 atom stereocenters. The lowest BCUT2D eigenvalue weighted by molar-refractivity contribution is -0.120. The van der Waals surface area contributed by atoms with Crippen molar-refractivity contribution >= 4 is 21.6 Å². The van der Waals surface area contributed by atoms with E-state index in [2.05, 4.69) is 25.2 Å². The van der Waals surface area contributed by atoms with E-state index < -0.39 is 10.0 Å². The number of amides is 1. The number of hydrogen-bond acceptors (Lipinski definition) is 4. The molecule has 0 aliphatic rings. The molecule has 0 radical (unpaired) electrons. The summed E-state index contributed by atoms with van der Waals surface area (Å²) >= 11 is 0. The normalized spacial score (nSPS) is 12.3. The summed E-state index contributed by atoms with van der Waals surface area (Å²) in [6, 6.07) is 17.5. The van der Waals surface area contributed by atoms with E-state index in [4.69, 9.17) is 4.74 Å². The van der Waals surface area contributed by atoms with Crippen LogP contribution in [-0.2, 0) is 14.8 Å². The van der Waals surface area contributed by atoms with Gasteiger partial charge in [0.25, 0.3) is 10.0 Å². The van der Waals surface area contributed by atoms with Crippen LogP contribution in [0.1, 0.15) is 60.5 Å². The Balaban J connectivity index is 1.91. The third kappa shape index (κ3) is 6.08. The van der Waals surface area contributed by atoms with Crippen molar-refractivity contribution in [1.29, 1.82) is 0 Å². The highest BCUT2D eigenvalue weighted by molar-refractivity contribution is 7.92. The summed E-state index contributed by atoms with van der Waals surface area (Å²) in [5.74, 6) is 0.679. The Morgan fingerprint density at radius 2 is 1.44 bits per heavy atom. The van der Waals surface area contributed by atoms with Gasteiger partial charge in [-0.25, -0.2) is 8.42 Å². The molecule has 36 heavy (non-hydrogen) atoms. The molecule has 0 aromatic heterocycles. The van der Waals surface area contributed by atoms with Gasteiger partial charge in [-0.05, 0) is 86.7 Å². The van der Waals surface area contributed by atoms with Crippen LogP contribution >= 0.6 is 0 Å². The van der Waals surface area contributed by atoms with Gasteiger partial charge in [0.2, 0.25) is 5.91 Å². The highest BCUT2D eigenvalue weighted by Crippen LogP contribution is 2.32. The van der Waals surface area contributed by atoms with Gasteiger partial charge in [0, 0.05) is 0 Å². The molecule has 0 saturated heterocycles. The lowest BCUT2D eigenvalue weighted by atomic mass is 9.93. The average Bonchev–Trinajstić information content (AvgIpc) is 2.82. The molecule has 0 fully saturated rings. The van der Waals surface area contributed by atoms with Crippen molar-refractivity contribution in [2.75, 3.05) is 18.0 Å². The van der Waals surface area contributed by atoms with Gasteiger partial charge >= 0.3 is 0 Å². The molecule has 0 saturated carbocycles. The van der Waals surface area contributed by atoms with Crippen molar-refractivity contribution < 1.29 is 17.9 Å². The predicted octanol–water partition coefficient (Wildman–Crippen LogP) is 5.82. The number of carbonyl (C=O) groups is 1. The average molecular weight is 509 g/mol. The number of carbonyl (C=O) groups excluding carboxylic acids is 1. The number of ether oxygens (including phenoxy) is 1. The predicted molar refractivity (Wildman–Crippen MR) is 145 cm³/mol. The summed E-state index contributed by atoms with van der Waals surface area (Å²) in [6.07, 6.45) is 0. The molecule has 0 spiro atoms. The summed E-state index contributed by atoms with van der Waals surface area (Å²) in [5, 5.41) is 3.00. The Morgan fingerprint density at radius 3 is 1.97 bits per heavy atom. The van der Waals surface area contributed by atoms with Crippen LogP contribution in [0.2, 0.25) is 0 Å².